The van der Waals surface area contributed by atoms with Crippen LogP contribution < -0.4 is 0 Å². The molecule has 22 heavy (non-hydrogen) atoms. The summed E-state index contributed by atoms with van der Waals surface area (Å²) >= 11 is 0. The summed E-state index contributed by atoms with van der Waals surface area (Å²) in [6.45, 7) is 6.97. The molecule has 0 saturated heterocycles. The highest BCUT2D eigenvalue weighted by Gasteiger charge is 2.60. The number of fused-ring (bicyclic) bond motifs is 5. The minimum atomic E-state index is 0.338. The zero-order chi connectivity index (χ0) is 15.5. The van der Waals surface area contributed by atoms with Gasteiger partial charge in [0.15, 0.2) is 0 Å². The van der Waals surface area contributed by atoms with E-state index in [9.17, 15) is 4.79 Å². The van der Waals surface area contributed by atoms with Gasteiger partial charge in [-0.2, -0.15) is 0 Å². The Hall–Kier alpha value is -0.330. The molecule has 4 saturated carbocycles. The highest BCUT2D eigenvalue weighted by molar-refractivity contribution is 5.79. The Morgan fingerprint density at radius 2 is 1.59 bits per heavy atom. The van der Waals surface area contributed by atoms with Crippen LogP contribution in [0.4, 0.5) is 0 Å². The summed E-state index contributed by atoms with van der Waals surface area (Å²) in [5.74, 6) is 4.60. The number of carbonyl (C=O) groups excluding carboxylic acids is 1. The lowest BCUT2D eigenvalue weighted by atomic mass is 9.45. The average Bonchev–Trinajstić information content (AvgIpc) is 2.84. The first kappa shape index (κ1) is 15.2. The molecule has 4 rings (SSSR count). The molecule has 0 spiro atoms. The van der Waals surface area contributed by atoms with Crippen molar-refractivity contribution in [3.63, 3.8) is 0 Å². The normalized spacial score (nSPS) is 54.2. The van der Waals surface area contributed by atoms with E-state index in [4.69, 9.17) is 0 Å². The molecule has 1 unspecified atom stereocenters. The highest BCUT2D eigenvalue weighted by Crippen LogP contribution is 2.67. The quantitative estimate of drug-likeness (QED) is 0.614. The van der Waals surface area contributed by atoms with Gasteiger partial charge in [-0.3, -0.25) is 4.79 Å². The van der Waals surface area contributed by atoms with Crippen molar-refractivity contribution in [3.05, 3.63) is 0 Å². The maximum atomic E-state index is 12.2. The fraction of sp³-hybridized carbons (Fsp3) is 0.952. The number of ketones is 1. The summed E-state index contributed by atoms with van der Waals surface area (Å²) < 4.78 is 0. The topological polar surface area (TPSA) is 17.1 Å². The van der Waals surface area contributed by atoms with Crippen LogP contribution in [0.5, 0.6) is 0 Å². The SMILES string of the molecule is CC(=O)[C@H]1CC[C@H]2[C@@H]3CCC4CCCC[C@]4(C)[C@H]3CC[C@]12C. The molecule has 0 aliphatic heterocycles. The van der Waals surface area contributed by atoms with Crippen molar-refractivity contribution in [1.29, 1.82) is 0 Å². The van der Waals surface area contributed by atoms with Crippen LogP contribution in [-0.4, -0.2) is 5.78 Å². The van der Waals surface area contributed by atoms with E-state index in [2.05, 4.69) is 13.8 Å². The number of Topliss-reactive ketones (excluding diaryl/α,β-unsaturated/α-hetero) is 1. The van der Waals surface area contributed by atoms with Gasteiger partial charge in [0.2, 0.25) is 0 Å². The number of rotatable bonds is 1. The third-order valence-corrected chi connectivity index (χ3v) is 9.07. The lowest BCUT2D eigenvalue weighted by Gasteiger charge is -2.60. The zero-order valence-electron chi connectivity index (χ0n) is 14.9. The van der Waals surface area contributed by atoms with E-state index in [-0.39, 0.29) is 0 Å². The molecule has 0 amide bonds. The van der Waals surface area contributed by atoms with Gasteiger partial charge in [-0.25, -0.2) is 0 Å². The molecule has 0 aromatic heterocycles. The monoisotopic (exact) mass is 302 g/mol. The first-order valence-electron chi connectivity index (χ1n) is 9.97. The molecular weight excluding hydrogens is 268 g/mol. The van der Waals surface area contributed by atoms with Crippen LogP contribution in [0.1, 0.15) is 85.0 Å². The molecule has 0 aromatic rings. The fourth-order valence-corrected chi connectivity index (χ4v) is 7.96. The Morgan fingerprint density at radius 1 is 0.818 bits per heavy atom. The minimum absolute atomic E-state index is 0.338. The molecule has 4 fully saturated rings. The Morgan fingerprint density at radius 3 is 2.36 bits per heavy atom. The summed E-state index contributed by atoms with van der Waals surface area (Å²) in [6.07, 6.45) is 14.1. The second-order valence-corrected chi connectivity index (χ2v) is 9.69. The minimum Gasteiger partial charge on any atom is -0.300 e. The van der Waals surface area contributed by atoms with Crippen molar-refractivity contribution in [1.82, 2.24) is 0 Å². The van der Waals surface area contributed by atoms with Crippen molar-refractivity contribution < 1.29 is 4.79 Å². The maximum Gasteiger partial charge on any atom is 0.133 e. The molecule has 0 heterocycles. The molecule has 1 nitrogen and oxygen atoms in total. The molecule has 0 N–H and O–H groups in total. The van der Waals surface area contributed by atoms with Gasteiger partial charge in [0.25, 0.3) is 0 Å². The van der Waals surface area contributed by atoms with Crippen LogP contribution in [0.3, 0.4) is 0 Å². The Balaban J connectivity index is 1.63. The predicted molar refractivity (Wildman–Crippen MR) is 90.5 cm³/mol. The van der Waals surface area contributed by atoms with E-state index in [0.29, 0.717) is 22.5 Å². The Labute approximate surface area is 136 Å². The van der Waals surface area contributed by atoms with Crippen molar-refractivity contribution in [3.8, 4) is 0 Å². The lowest BCUT2D eigenvalue weighted by molar-refractivity contribution is -0.133. The van der Waals surface area contributed by atoms with Gasteiger partial charge >= 0.3 is 0 Å². The van der Waals surface area contributed by atoms with Crippen LogP contribution >= 0.6 is 0 Å². The molecule has 7 atom stereocenters. The van der Waals surface area contributed by atoms with E-state index in [0.717, 1.165) is 23.7 Å². The fourth-order valence-electron chi connectivity index (χ4n) is 7.96. The Bertz CT molecular complexity index is 469. The molecule has 124 valence electrons. The van der Waals surface area contributed by atoms with Crippen molar-refractivity contribution >= 4 is 5.78 Å². The first-order valence-corrected chi connectivity index (χ1v) is 9.97. The van der Waals surface area contributed by atoms with Gasteiger partial charge in [-0.1, -0.05) is 26.7 Å². The van der Waals surface area contributed by atoms with Gasteiger partial charge in [0.1, 0.15) is 5.78 Å². The Kier molecular flexibility index (Phi) is 3.51. The van der Waals surface area contributed by atoms with Gasteiger partial charge in [-0.05, 0) is 92.8 Å². The van der Waals surface area contributed by atoms with Crippen LogP contribution in [0.2, 0.25) is 0 Å². The summed E-state index contributed by atoms with van der Waals surface area (Å²) in [5.41, 5.74) is 0.974. The van der Waals surface area contributed by atoms with Gasteiger partial charge in [0, 0.05) is 5.92 Å². The number of hydrogen-bond donors (Lipinski definition) is 0. The number of carbonyl (C=O) groups is 1. The largest absolute Gasteiger partial charge is 0.300 e. The lowest BCUT2D eigenvalue weighted by Crippen LogP contribution is -2.53. The van der Waals surface area contributed by atoms with Crippen molar-refractivity contribution in [2.45, 2.75) is 85.0 Å². The van der Waals surface area contributed by atoms with E-state index < -0.39 is 0 Å². The third-order valence-electron chi connectivity index (χ3n) is 9.07. The molecule has 0 aromatic carbocycles. The first-order chi connectivity index (χ1) is 10.5. The molecule has 4 aliphatic rings. The maximum absolute atomic E-state index is 12.2. The second-order valence-electron chi connectivity index (χ2n) is 9.69. The van der Waals surface area contributed by atoms with Crippen LogP contribution in [0.25, 0.3) is 0 Å². The summed E-state index contributed by atoms with van der Waals surface area (Å²) in [4.78, 5) is 12.2. The average molecular weight is 303 g/mol. The van der Waals surface area contributed by atoms with Gasteiger partial charge in [-0.15, -0.1) is 0 Å². The summed E-state index contributed by atoms with van der Waals surface area (Å²) in [5, 5.41) is 0. The van der Waals surface area contributed by atoms with E-state index in [1.54, 1.807) is 0 Å². The van der Waals surface area contributed by atoms with Crippen LogP contribution in [0.15, 0.2) is 0 Å². The van der Waals surface area contributed by atoms with Crippen molar-refractivity contribution in [2.24, 2.45) is 40.4 Å². The van der Waals surface area contributed by atoms with Crippen LogP contribution in [0, 0.1) is 40.4 Å². The van der Waals surface area contributed by atoms with E-state index in [1.807, 2.05) is 6.92 Å². The van der Waals surface area contributed by atoms with Crippen molar-refractivity contribution in [2.75, 3.05) is 0 Å². The molecular formula is C21H34O. The molecule has 4 aliphatic carbocycles. The second kappa shape index (κ2) is 5.08. The third kappa shape index (κ3) is 1.93. The number of hydrogen-bond acceptors (Lipinski definition) is 1. The summed E-state index contributed by atoms with van der Waals surface area (Å²) in [7, 11) is 0. The zero-order valence-corrected chi connectivity index (χ0v) is 14.9. The van der Waals surface area contributed by atoms with E-state index in [1.165, 1.54) is 64.2 Å². The predicted octanol–water partition coefficient (Wildman–Crippen LogP) is 5.62. The smallest absolute Gasteiger partial charge is 0.133 e. The molecule has 0 bridgehead atoms. The summed E-state index contributed by atoms with van der Waals surface area (Å²) in [6, 6.07) is 0. The van der Waals surface area contributed by atoms with Crippen LogP contribution in [-0.2, 0) is 4.79 Å². The van der Waals surface area contributed by atoms with Gasteiger partial charge < -0.3 is 0 Å². The standard InChI is InChI=1S/C21H34O/c1-14(22)17-9-10-18-16-8-7-15-6-4-5-12-20(15,2)19(16)11-13-21(17,18)3/h15-19H,4-13H2,1-3H3/t15?,16-,17+,18-,19-,20-,21+/m0/s1. The highest BCUT2D eigenvalue weighted by atomic mass is 16.1. The van der Waals surface area contributed by atoms with E-state index >= 15 is 0 Å². The van der Waals surface area contributed by atoms with Gasteiger partial charge in [0.05, 0.1) is 0 Å². The molecule has 0 radical (unpaired) electrons. The molecule has 1 heteroatoms.